The van der Waals surface area contributed by atoms with Gasteiger partial charge in [0.1, 0.15) is 0 Å². The van der Waals surface area contributed by atoms with Crippen LogP contribution in [0.15, 0.2) is 18.2 Å². The summed E-state index contributed by atoms with van der Waals surface area (Å²) < 4.78 is 31.8. The number of carbonyl (C=O) groups is 1. The van der Waals surface area contributed by atoms with Crippen LogP contribution >= 0.6 is 0 Å². The second-order valence-corrected chi connectivity index (χ2v) is 5.04. The first-order chi connectivity index (χ1) is 9.61. The highest BCUT2D eigenvalue weighted by molar-refractivity contribution is 5.72. The summed E-state index contributed by atoms with van der Waals surface area (Å²) in [7, 11) is 0. The van der Waals surface area contributed by atoms with E-state index in [1.165, 1.54) is 6.07 Å². The minimum Gasteiger partial charge on any atom is -0.466 e. The van der Waals surface area contributed by atoms with Gasteiger partial charge in [-0.1, -0.05) is 12.1 Å². The maximum Gasteiger partial charge on any atom is 0.310 e. The summed E-state index contributed by atoms with van der Waals surface area (Å²) in [5, 5.41) is 0. The van der Waals surface area contributed by atoms with Crippen molar-refractivity contribution in [1.29, 1.82) is 0 Å². The van der Waals surface area contributed by atoms with Crippen LogP contribution in [-0.2, 0) is 16.1 Å². The molecule has 3 nitrogen and oxygen atoms in total. The van der Waals surface area contributed by atoms with E-state index in [9.17, 15) is 13.6 Å². The van der Waals surface area contributed by atoms with Crippen molar-refractivity contribution in [2.45, 2.75) is 26.3 Å². The summed E-state index contributed by atoms with van der Waals surface area (Å²) in [5.41, 5.74) is 0.328. The number of hydrogen-bond donors (Lipinski definition) is 0. The Kier molecular flexibility index (Phi) is 5.06. The first kappa shape index (κ1) is 14.9. The van der Waals surface area contributed by atoms with Crippen LogP contribution in [0.3, 0.4) is 0 Å². The smallest absolute Gasteiger partial charge is 0.310 e. The molecule has 0 radical (unpaired) electrons. The molecule has 0 unspecified atom stereocenters. The van der Waals surface area contributed by atoms with Crippen LogP contribution in [0.4, 0.5) is 8.78 Å². The van der Waals surface area contributed by atoms with Gasteiger partial charge in [0.25, 0.3) is 0 Å². The number of hydrogen-bond acceptors (Lipinski definition) is 3. The lowest BCUT2D eigenvalue weighted by molar-refractivity contribution is -0.150. The van der Waals surface area contributed by atoms with Gasteiger partial charge in [0.05, 0.1) is 12.5 Å². The molecule has 0 amide bonds. The van der Waals surface area contributed by atoms with Crippen LogP contribution < -0.4 is 0 Å². The van der Waals surface area contributed by atoms with Gasteiger partial charge in [-0.2, -0.15) is 0 Å². The number of rotatable bonds is 4. The molecule has 0 saturated carbocycles. The van der Waals surface area contributed by atoms with Crippen molar-refractivity contribution in [3.63, 3.8) is 0 Å². The zero-order valence-corrected chi connectivity index (χ0v) is 11.6. The van der Waals surface area contributed by atoms with Gasteiger partial charge in [-0.15, -0.1) is 0 Å². The third-order valence-electron chi connectivity index (χ3n) is 3.55. The van der Waals surface area contributed by atoms with E-state index in [1.807, 2.05) is 4.90 Å². The topological polar surface area (TPSA) is 29.5 Å². The van der Waals surface area contributed by atoms with Crippen molar-refractivity contribution < 1.29 is 18.3 Å². The molecule has 1 atom stereocenters. The van der Waals surface area contributed by atoms with E-state index in [1.54, 1.807) is 13.0 Å². The Morgan fingerprint density at radius 2 is 2.25 bits per heavy atom. The van der Waals surface area contributed by atoms with Crippen molar-refractivity contribution in [2.24, 2.45) is 5.92 Å². The fourth-order valence-electron chi connectivity index (χ4n) is 2.56. The van der Waals surface area contributed by atoms with Crippen molar-refractivity contribution in [2.75, 3.05) is 19.7 Å². The lowest BCUT2D eigenvalue weighted by atomic mass is 9.97. The first-order valence-electron chi connectivity index (χ1n) is 6.93. The van der Waals surface area contributed by atoms with E-state index in [0.29, 0.717) is 25.3 Å². The van der Waals surface area contributed by atoms with Crippen LogP contribution in [0.5, 0.6) is 0 Å². The predicted molar refractivity (Wildman–Crippen MR) is 71.0 cm³/mol. The summed E-state index contributed by atoms with van der Waals surface area (Å²) in [6.07, 6.45) is 1.65. The lowest BCUT2D eigenvalue weighted by Crippen LogP contribution is -2.39. The van der Waals surface area contributed by atoms with Crippen LogP contribution in [0.2, 0.25) is 0 Å². The van der Waals surface area contributed by atoms with E-state index in [4.69, 9.17) is 4.74 Å². The van der Waals surface area contributed by atoms with E-state index in [2.05, 4.69) is 0 Å². The van der Waals surface area contributed by atoms with Crippen molar-refractivity contribution in [3.8, 4) is 0 Å². The number of nitrogens with zero attached hydrogens (tertiary/aromatic N) is 1. The lowest BCUT2D eigenvalue weighted by Gasteiger charge is -2.31. The highest BCUT2D eigenvalue weighted by Gasteiger charge is 2.27. The Morgan fingerprint density at radius 3 is 3.00 bits per heavy atom. The van der Waals surface area contributed by atoms with Crippen LogP contribution in [-0.4, -0.2) is 30.6 Å². The molecule has 0 bridgehead atoms. The Hall–Kier alpha value is -1.49. The van der Waals surface area contributed by atoms with Crippen molar-refractivity contribution >= 4 is 5.97 Å². The molecule has 1 aromatic carbocycles. The number of halogens is 2. The highest BCUT2D eigenvalue weighted by Crippen LogP contribution is 2.21. The summed E-state index contributed by atoms with van der Waals surface area (Å²) >= 11 is 0. The second-order valence-electron chi connectivity index (χ2n) is 5.04. The zero-order valence-electron chi connectivity index (χ0n) is 11.6. The Balaban J connectivity index is 1.99. The van der Waals surface area contributed by atoms with Crippen molar-refractivity contribution in [3.05, 3.63) is 35.4 Å². The minimum absolute atomic E-state index is 0.166. The van der Waals surface area contributed by atoms with Gasteiger partial charge in [0, 0.05) is 18.7 Å². The van der Waals surface area contributed by atoms with Crippen molar-refractivity contribution in [1.82, 2.24) is 4.90 Å². The predicted octanol–water partition coefficient (Wildman–Crippen LogP) is 2.74. The number of benzene rings is 1. The number of piperidine rings is 1. The van der Waals surface area contributed by atoms with Crippen LogP contribution in [0, 0.1) is 17.6 Å². The summed E-state index contributed by atoms with van der Waals surface area (Å²) in [5.74, 6) is -2.00. The number of ether oxygens (including phenoxy) is 1. The molecule has 20 heavy (non-hydrogen) atoms. The summed E-state index contributed by atoms with van der Waals surface area (Å²) in [4.78, 5) is 13.7. The molecular weight excluding hydrogens is 264 g/mol. The van der Waals surface area contributed by atoms with E-state index >= 15 is 0 Å². The average molecular weight is 283 g/mol. The molecule has 2 rings (SSSR count). The van der Waals surface area contributed by atoms with E-state index < -0.39 is 11.6 Å². The van der Waals surface area contributed by atoms with Gasteiger partial charge >= 0.3 is 5.97 Å². The molecule has 1 heterocycles. The number of carbonyl (C=O) groups excluding carboxylic acids is 1. The van der Waals surface area contributed by atoms with Gasteiger partial charge < -0.3 is 4.74 Å². The number of esters is 1. The molecule has 1 fully saturated rings. The minimum atomic E-state index is -0.832. The molecule has 110 valence electrons. The molecule has 1 aliphatic rings. The fraction of sp³-hybridized carbons (Fsp3) is 0.533. The quantitative estimate of drug-likeness (QED) is 0.796. The Labute approximate surface area is 117 Å². The highest BCUT2D eigenvalue weighted by atomic mass is 19.2. The van der Waals surface area contributed by atoms with Gasteiger partial charge in [-0.05, 0) is 32.4 Å². The maximum absolute atomic E-state index is 13.6. The zero-order chi connectivity index (χ0) is 14.5. The number of likely N-dealkylation sites (tertiary alicyclic amines) is 1. The van der Waals surface area contributed by atoms with Gasteiger partial charge in [0.2, 0.25) is 0 Å². The van der Waals surface area contributed by atoms with Gasteiger partial charge in [-0.25, -0.2) is 8.78 Å². The largest absolute Gasteiger partial charge is 0.466 e. The molecule has 0 aromatic heterocycles. The Morgan fingerprint density at radius 1 is 1.45 bits per heavy atom. The van der Waals surface area contributed by atoms with Gasteiger partial charge in [0.15, 0.2) is 11.6 Å². The molecule has 0 N–H and O–H groups in total. The van der Waals surface area contributed by atoms with E-state index in [0.717, 1.165) is 25.5 Å². The standard InChI is InChI=1S/C15H19F2NO2/c1-2-20-15(19)12-6-4-8-18(10-12)9-11-5-3-7-13(16)14(11)17/h3,5,7,12H,2,4,6,8-10H2,1H3/t12-/m0/s1. The molecule has 1 saturated heterocycles. The summed E-state index contributed by atoms with van der Waals surface area (Å²) in [6.45, 7) is 3.79. The van der Waals surface area contributed by atoms with Gasteiger partial charge in [-0.3, -0.25) is 9.69 Å². The molecular formula is C15H19F2NO2. The maximum atomic E-state index is 13.6. The first-order valence-corrected chi connectivity index (χ1v) is 6.93. The Bertz CT molecular complexity index is 479. The molecule has 0 aliphatic carbocycles. The van der Waals surface area contributed by atoms with Crippen LogP contribution in [0.1, 0.15) is 25.3 Å². The molecule has 5 heteroatoms. The summed E-state index contributed by atoms with van der Waals surface area (Å²) in [6, 6.07) is 4.18. The molecule has 1 aliphatic heterocycles. The monoisotopic (exact) mass is 283 g/mol. The molecule has 1 aromatic rings. The van der Waals surface area contributed by atoms with E-state index in [-0.39, 0.29) is 11.9 Å². The normalized spacial score (nSPS) is 19.9. The van der Waals surface area contributed by atoms with Crippen LogP contribution in [0.25, 0.3) is 0 Å². The second kappa shape index (κ2) is 6.79. The third kappa shape index (κ3) is 3.54. The average Bonchev–Trinajstić information content (AvgIpc) is 2.44. The molecule has 0 spiro atoms. The fourth-order valence-corrected chi connectivity index (χ4v) is 2.56. The third-order valence-corrected chi connectivity index (χ3v) is 3.55. The SMILES string of the molecule is CCOC(=O)[C@H]1CCCN(Cc2cccc(F)c2F)C1.